The standard InChI is InChI=1S/C20H20P2/c1-2-3-18(14-4-6-19-16(12-14)8-10-21-19)15-5-7-20-17(13-15)9-11-22-20/h4-13,18,21-22H,2-3H2,1H3. The van der Waals surface area contributed by atoms with E-state index in [2.05, 4.69) is 67.1 Å². The molecule has 0 amide bonds. The summed E-state index contributed by atoms with van der Waals surface area (Å²) in [6, 6.07) is 18.8. The summed E-state index contributed by atoms with van der Waals surface area (Å²) in [5.41, 5.74) is 2.95. The molecule has 2 aromatic carbocycles. The predicted molar refractivity (Wildman–Crippen MR) is 104 cm³/mol. The smallest absolute Gasteiger partial charge is 0.00896 e. The highest BCUT2D eigenvalue weighted by Crippen LogP contribution is 2.36. The van der Waals surface area contributed by atoms with Crippen LogP contribution in [0.2, 0.25) is 0 Å². The first-order valence-corrected chi connectivity index (χ1v) is 10.1. The molecule has 0 saturated heterocycles. The van der Waals surface area contributed by atoms with Crippen LogP contribution in [-0.4, -0.2) is 0 Å². The summed E-state index contributed by atoms with van der Waals surface area (Å²) >= 11 is 0. The Morgan fingerprint density at radius 3 is 1.82 bits per heavy atom. The molecular formula is C20H20P2. The van der Waals surface area contributed by atoms with Crippen molar-refractivity contribution in [3.8, 4) is 0 Å². The molecule has 2 atom stereocenters. The second-order valence-electron chi connectivity index (χ2n) is 5.99. The lowest BCUT2D eigenvalue weighted by atomic mass is 9.87. The van der Waals surface area contributed by atoms with Gasteiger partial charge in [0.15, 0.2) is 0 Å². The van der Waals surface area contributed by atoms with Crippen molar-refractivity contribution < 1.29 is 0 Å². The predicted octanol–water partition coefficient (Wildman–Crippen LogP) is 6.99. The van der Waals surface area contributed by atoms with E-state index in [-0.39, 0.29) is 0 Å². The van der Waals surface area contributed by atoms with E-state index >= 15 is 0 Å². The summed E-state index contributed by atoms with van der Waals surface area (Å²) in [6.45, 7) is 2.29. The van der Waals surface area contributed by atoms with Crippen LogP contribution in [0, 0.1) is 0 Å². The van der Waals surface area contributed by atoms with Gasteiger partial charge in [-0.15, -0.1) is 16.4 Å². The first kappa shape index (κ1) is 14.1. The molecule has 22 heavy (non-hydrogen) atoms. The Balaban J connectivity index is 1.81. The molecule has 110 valence electrons. The molecule has 0 spiro atoms. The fraction of sp³-hybridized carbons (Fsp3) is 0.200. The molecule has 4 aromatic rings. The maximum absolute atomic E-state index is 2.41. The third-order valence-corrected chi connectivity index (χ3v) is 6.74. The molecule has 0 nitrogen and oxygen atoms in total. The largest absolute Gasteiger partial charge is 0.132 e. The molecule has 0 bridgehead atoms. The van der Waals surface area contributed by atoms with Gasteiger partial charge in [0.05, 0.1) is 0 Å². The van der Waals surface area contributed by atoms with Crippen LogP contribution in [0.3, 0.4) is 0 Å². The zero-order chi connectivity index (χ0) is 14.9. The molecule has 0 aliphatic heterocycles. The van der Waals surface area contributed by atoms with Crippen molar-refractivity contribution in [1.82, 2.24) is 0 Å². The summed E-state index contributed by atoms with van der Waals surface area (Å²) in [4.78, 5) is 0. The molecule has 0 saturated carbocycles. The number of hydrogen-bond donors (Lipinski definition) is 0. The maximum atomic E-state index is 2.41. The first-order chi connectivity index (χ1) is 10.8. The van der Waals surface area contributed by atoms with Crippen LogP contribution in [-0.2, 0) is 0 Å². The highest BCUT2D eigenvalue weighted by Gasteiger charge is 2.14. The molecule has 2 heterocycles. The molecule has 2 heteroatoms. The minimum Gasteiger partial charge on any atom is -0.132 e. The van der Waals surface area contributed by atoms with Gasteiger partial charge in [-0.3, -0.25) is 0 Å². The topological polar surface area (TPSA) is 0 Å². The fourth-order valence-electron chi connectivity index (χ4n) is 3.39. The summed E-state index contributed by atoms with van der Waals surface area (Å²) in [5.74, 6) is 5.12. The van der Waals surface area contributed by atoms with E-state index in [1.165, 1.54) is 45.0 Å². The van der Waals surface area contributed by atoms with Crippen molar-refractivity contribution in [2.45, 2.75) is 25.7 Å². The van der Waals surface area contributed by atoms with Crippen molar-refractivity contribution in [1.29, 1.82) is 0 Å². The summed E-state index contributed by atoms with van der Waals surface area (Å²) in [7, 11) is 1.71. The normalized spacial score (nSPS) is 13.7. The zero-order valence-corrected chi connectivity index (χ0v) is 14.8. The van der Waals surface area contributed by atoms with Gasteiger partial charge >= 0.3 is 0 Å². The van der Waals surface area contributed by atoms with Crippen molar-refractivity contribution in [3.63, 3.8) is 0 Å². The molecule has 0 N–H and O–H groups in total. The quantitative estimate of drug-likeness (QED) is 0.380. The lowest BCUT2D eigenvalue weighted by Gasteiger charge is -2.18. The zero-order valence-electron chi connectivity index (χ0n) is 12.8. The minimum absolute atomic E-state index is 0.523. The van der Waals surface area contributed by atoms with Crippen molar-refractivity contribution >= 4 is 37.4 Å². The van der Waals surface area contributed by atoms with Gasteiger partial charge in [-0.2, -0.15) is 0 Å². The van der Waals surface area contributed by atoms with Gasteiger partial charge in [-0.1, -0.05) is 61.9 Å². The Kier molecular flexibility index (Phi) is 3.83. The Morgan fingerprint density at radius 2 is 1.32 bits per heavy atom. The average Bonchev–Trinajstić information content (AvgIpc) is 3.19. The van der Waals surface area contributed by atoms with E-state index < -0.39 is 0 Å². The number of fused-ring (bicyclic) bond motifs is 2. The SMILES string of the molecule is CCCC(c1ccc2[pH]ccc2c1)c1ccc2[pH]ccc2c1. The van der Waals surface area contributed by atoms with E-state index in [9.17, 15) is 0 Å². The van der Waals surface area contributed by atoms with Gasteiger partial charge in [-0.05, 0) is 50.2 Å². The minimum atomic E-state index is 0.523. The van der Waals surface area contributed by atoms with Crippen LogP contribution in [0.5, 0.6) is 0 Å². The summed E-state index contributed by atoms with van der Waals surface area (Å²) in [5, 5.41) is 5.85. The second kappa shape index (κ2) is 5.96. The Bertz CT molecular complexity index is 839. The number of benzene rings is 2. The Hall–Kier alpha value is -1.48. The number of hydrogen-bond acceptors (Lipinski definition) is 0. The molecular weight excluding hydrogens is 302 g/mol. The van der Waals surface area contributed by atoms with Gasteiger partial charge in [0.25, 0.3) is 0 Å². The molecule has 4 rings (SSSR count). The molecule has 2 aromatic heterocycles. The summed E-state index contributed by atoms with van der Waals surface area (Å²) in [6.07, 6.45) is 2.43. The van der Waals surface area contributed by atoms with E-state index in [4.69, 9.17) is 0 Å². The van der Waals surface area contributed by atoms with Crippen molar-refractivity contribution in [2.75, 3.05) is 0 Å². The van der Waals surface area contributed by atoms with Crippen LogP contribution in [0.15, 0.2) is 60.1 Å². The van der Waals surface area contributed by atoms with E-state index in [1.54, 1.807) is 0 Å². The third-order valence-electron chi connectivity index (χ3n) is 4.54. The van der Waals surface area contributed by atoms with Crippen LogP contribution in [0.4, 0.5) is 0 Å². The maximum Gasteiger partial charge on any atom is 0.00896 e. The highest BCUT2D eigenvalue weighted by molar-refractivity contribution is 7.36. The lowest BCUT2D eigenvalue weighted by Crippen LogP contribution is -2.00. The Morgan fingerprint density at radius 1 is 0.773 bits per heavy atom. The third kappa shape index (κ3) is 2.52. The summed E-state index contributed by atoms with van der Waals surface area (Å²) < 4.78 is 0. The molecule has 2 unspecified atom stereocenters. The second-order valence-corrected chi connectivity index (χ2v) is 8.31. The fourth-order valence-corrected chi connectivity index (χ4v) is 5.28. The van der Waals surface area contributed by atoms with Crippen LogP contribution in [0.25, 0.3) is 21.0 Å². The van der Waals surface area contributed by atoms with Gasteiger partial charge in [0.1, 0.15) is 0 Å². The van der Waals surface area contributed by atoms with Crippen LogP contribution in [0.1, 0.15) is 36.8 Å². The van der Waals surface area contributed by atoms with E-state index in [0.29, 0.717) is 5.92 Å². The van der Waals surface area contributed by atoms with E-state index in [0.717, 1.165) is 16.4 Å². The van der Waals surface area contributed by atoms with Gasteiger partial charge < -0.3 is 0 Å². The van der Waals surface area contributed by atoms with Crippen molar-refractivity contribution in [3.05, 3.63) is 71.3 Å². The molecule has 0 radical (unpaired) electrons. The van der Waals surface area contributed by atoms with Gasteiger partial charge in [0.2, 0.25) is 0 Å². The molecule has 0 aliphatic carbocycles. The highest BCUT2D eigenvalue weighted by atomic mass is 31.0. The average molecular weight is 322 g/mol. The monoisotopic (exact) mass is 322 g/mol. The van der Waals surface area contributed by atoms with E-state index in [1.807, 2.05) is 0 Å². The first-order valence-electron chi connectivity index (χ1n) is 7.99. The van der Waals surface area contributed by atoms with Crippen LogP contribution >= 0.6 is 16.4 Å². The Labute approximate surface area is 134 Å². The number of rotatable bonds is 4. The van der Waals surface area contributed by atoms with Crippen LogP contribution < -0.4 is 0 Å². The molecule has 0 fully saturated rings. The van der Waals surface area contributed by atoms with Gasteiger partial charge in [-0.25, -0.2) is 0 Å². The lowest BCUT2D eigenvalue weighted by molar-refractivity contribution is 0.700. The van der Waals surface area contributed by atoms with Gasteiger partial charge in [0, 0.05) is 5.92 Å². The van der Waals surface area contributed by atoms with Crippen molar-refractivity contribution in [2.24, 2.45) is 0 Å². The molecule has 0 aliphatic rings.